The second-order valence-corrected chi connectivity index (χ2v) is 19.8. The summed E-state index contributed by atoms with van der Waals surface area (Å²) in [6.45, 7) is 7.31. The Labute approximate surface area is 410 Å². The highest BCUT2D eigenvalue weighted by Gasteiger charge is 2.48. The van der Waals surface area contributed by atoms with Gasteiger partial charge in [-0.25, -0.2) is 18.7 Å². The van der Waals surface area contributed by atoms with Crippen molar-refractivity contribution in [3.8, 4) is 34.1 Å². The molecule has 0 saturated carbocycles. The van der Waals surface area contributed by atoms with Crippen LogP contribution < -0.4 is 9.47 Å². The van der Waals surface area contributed by atoms with Crippen LogP contribution in [0.4, 0.5) is 0 Å². The van der Waals surface area contributed by atoms with E-state index in [1.165, 1.54) is 24.3 Å². The van der Waals surface area contributed by atoms with E-state index in [2.05, 4.69) is 37.4 Å². The first-order chi connectivity index (χ1) is 34.4. The highest BCUT2D eigenvalue weighted by atomic mass is 31.1. The van der Waals surface area contributed by atoms with Crippen LogP contribution >= 0.6 is 17.8 Å². The van der Waals surface area contributed by atoms with Crippen LogP contribution in [0.1, 0.15) is 89.4 Å². The molecule has 16 heteroatoms. The fourth-order valence-electron chi connectivity index (χ4n) is 10.2. The molecule has 4 atom stereocenters. The van der Waals surface area contributed by atoms with Gasteiger partial charge in [0.15, 0.2) is 0 Å². The van der Waals surface area contributed by atoms with Crippen molar-refractivity contribution in [3.63, 3.8) is 0 Å². The van der Waals surface area contributed by atoms with Crippen LogP contribution in [0.15, 0.2) is 159 Å². The van der Waals surface area contributed by atoms with Crippen LogP contribution in [0.5, 0.6) is 23.0 Å². The van der Waals surface area contributed by atoms with Crippen LogP contribution in [0, 0.1) is 11.8 Å². The van der Waals surface area contributed by atoms with Gasteiger partial charge in [0.25, 0.3) is 23.6 Å². The van der Waals surface area contributed by atoms with Gasteiger partial charge in [0.2, 0.25) is 23.6 Å². The summed E-state index contributed by atoms with van der Waals surface area (Å²) >= 11 is 0. The van der Waals surface area contributed by atoms with Gasteiger partial charge in [0, 0.05) is 12.8 Å². The number of nitrogens with zero attached hydrogens (tertiary/aromatic N) is 4. The fraction of sp³-hybridized carbons (Fsp3) is 0.127. The molecule has 0 aromatic heterocycles. The summed E-state index contributed by atoms with van der Waals surface area (Å²) in [6, 6.07) is 41.1. The van der Waals surface area contributed by atoms with Gasteiger partial charge in [0.1, 0.15) is 40.8 Å². The number of ether oxygens (including phenoxy) is 2. The molecule has 0 N–H and O–H groups in total. The molecular weight excluding hydrogens is 939 g/mol. The summed E-state index contributed by atoms with van der Waals surface area (Å²) in [5.41, 5.74) is 5.87. The van der Waals surface area contributed by atoms with Crippen LogP contribution in [0.2, 0.25) is 0 Å². The lowest BCUT2D eigenvalue weighted by Crippen LogP contribution is -2.31. The van der Waals surface area contributed by atoms with Crippen LogP contribution in [0.3, 0.4) is 0 Å². The van der Waals surface area contributed by atoms with Gasteiger partial charge < -0.3 is 9.47 Å². The second kappa shape index (κ2) is 17.7. The quantitative estimate of drug-likeness (QED) is 0.0581. The van der Waals surface area contributed by atoms with Crippen molar-refractivity contribution < 1.29 is 47.8 Å². The largest absolute Gasteiger partial charge is 0.457 e. The lowest BCUT2D eigenvalue weighted by atomic mass is 9.68. The molecule has 5 aliphatic rings. The van der Waals surface area contributed by atoms with Crippen LogP contribution in [-0.4, -0.2) is 65.9 Å². The number of fused-ring (bicyclic) bond motifs is 5. The number of hydrogen-bond acceptors (Lipinski definition) is 10. The minimum Gasteiger partial charge on any atom is -0.457 e. The zero-order chi connectivity index (χ0) is 49.3. The van der Waals surface area contributed by atoms with Gasteiger partial charge in [-0.3, -0.25) is 38.4 Å². The summed E-state index contributed by atoms with van der Waals surface area (Å²) in [7, 11) is -1.58. The third-order valence-corrected chi connectivity index (χ3v) is 16.0. The van der Waals surface area contributed by atoms with E-state index in [1.807, 2.05) is 72.8 Å². The molecule has 2 saturated heterocycles. The Kier molecular flexibility index (Phi) is 11.3. The Hall–Kier alpha value is -8.18. The lowest BCUT2D eigenvalue weighted by Gasteiger charge is -2.34. The molecule has 0 bridgehead atoms. The zero-order valence-corrected chi connectivity index (χ0v) is 39.6. The smallest absolute Gasteiger partial charge is 0.266 e. The Balaban J connectivity index is 0.848. The summed E-state index contributed by atoms with van der Waals surface area (Å²) < 4.78 is 16.4. The SMILES string of the molecule is C=CCC1CC(=O)N(PN2C(=O)c3ccc(Oc4ccc(C5(c6ccc(Oc7ccc8c(c7)C(=O)N(PN7C(=O)CC(CC=C)C7=O)C8=O)cc6)c6ccccc6-c6ccccc65)cc4)cc3C2=O)C1=O. The van der Waals surface area contributed by atoms with E-state index in [4.69, 9.17) is 9.47 Å². The number of benzene rings is 6. The first-order valence-electron chi connectivity index (χ1n) is 22.7. The lowest BCUT2D eigenvalue weighted by molar-refractivity contribution is -0.134. The van der Waals surface area contributed by atoms with Crippen molar-refractivity contribution in [3.05, 3.63) is 203 Å². The Morgan fingerprint density at radius 3 is 1.21 bits per heavy atom. The topological polar surface area (TPSA) is 168 Å². The highest BCUT2D eigenvalue weighted by Crippen LogP contribution is 2.56. The monoisotopic (exact) mass is 978 g/mol. The van der Waals surface area contributed by atoms with Gasteiger partial charge in [-0.15, -0.1) is 13.2 Å². The molecule has 4 aliphatic heterocycles. The Morgan fingerprint density at radius 2 is 0.817 bits per heavy atom. The average Bonchev–Trinajstić information content (AvgIpc) is 4.07. The van der Waals surface area contributed by atoms with Gasteiger partial charge in [0.05, 0.1) is 39.5 Å². The zero-order valence-electron chi connectivity index (χ0n) is 37.6. The van der Waals surface area contributed by atoms with E-state index >= 15 is 0 Å². The predicted molar refractivity (Wildman–Crippen MR) is 264 cm³/mol. The maximum Gasteiger partial charge on any atom is 0.266 e. The van der Waals surface area contributed by atoms with E-state index in [1.54, 1.807) is 24.3 Å². The van der Waals surface area contributed by atoms with Crippen molar-refractivity contribution in [1.29, 1.82) is 0 Å². The predicted octanol–water partition coefficient (Wildman–Crippen LogP) is 9.75. The fourth-order valence-corrected chi connectivity index (χ4v) is 12.4. The molecule has 14 nitrogen and oxygen atoms in total. The summed E-state index contributed by atoms with van der Waals surface area (Å²) in [4.78, 5) is 105. The molecule has 350 valence electrons. The molecule has 71 heavy (non-hydrogen) atoms. The minimum absolute atomic E-state index is 0.00276. The van der Waals surface area contributed by atoms with Crippen molar-refractivity contribution in [2.24, 2.45) is 11.8 Å². The van der Waals surface area contributed by atoms with Gasteiger partial charge in [-0.2, -0.15) is 0 Å². The Morgan fingerprint density at radius 1 is 0.451 bits per heavy atom. The normalized spacial score (nSPS) is 18.9. The minimum atomic E-state index is -0.799. The first-order valence-corrected chi connectivity index (χ1v) is 24.5. The summed E-state index contributed by atoms with van der Waals surface area (Å²) in [5.74, 6) is -3.70. The average molecular weight is 979 g/mol. The molecule has 0 spiro atoms. The van der Waals surface area contributed by atoms with Crippen LogP contribution in [-0.2, 0) is 24.6 Å². The summed E-state index contributed by atoms with van der Waals surface area (Å²) in [5, 5.41) is 0. The number of hydrogen-bond donors (Lipinski definition) is 0. The molecule has 2 fully saturated rings. The maximum absolute atomic E-state index is 13.6. The Bertz CT molecular complexity index is 3150. The van der Waals surface area contributed by atoms with Gasteiger partial charge in [-0.05, 0) is 107 Å². The van der Waals surface area contributed by atoms with Crippen LogP contribution in [0.25, 0.3) is 11.1 Å². The number of amides is 8. The maximum atomic E-state index is 13.6. The summed E-state index contributed by atoms with van der Waals surface area (Å²) in [6.07, 6.45) is 3.80. The molecule has 0 radical (unpaired) electrons. The third-order valence-electron chi connectivity index (χ3n) is 13.5. The standard InChI is InChI=1S/C55H40N4O10P2/c1-3-9-31-27-47(60)56(49(31)62)70-58-51(64)41-25-23-37(29-43(41)53(58)66)68-35-19-15-33(16-20-35)55(45-13-7-5-11-39(45)40-12-6-8-14-46(40)55)34-17-21-36(22-18-34)69-38-24-26-42-44(30-38)54(67)59(52(42)65)71-57-48(61)28-32(10-4-2)50(57)63/h3-8,11-26,29-32,70-71H,1-2,9-10,27-28H2. The highest BCUT2D eigenvalue weighted by molar-refractivity contribution is 7.37. The molecule has 8 amide bonds. The number of carbonyl (C=O) groups is 8. The molecule has 1 aliphatic carbocycles. The van der Waals surface area contributed by atoms with E-state index in [9.17, 15) is 38.4 Å². The molecule has 4 unspecified atom stereocenters. The van der Waals surface area contributed by atoms with E-state index in [0.717, 1.165) is 52.1 Å². The first kappa shape index (κ1) is 45.3. The molecular formula is C55H40N4O10P2. The third kappa shape index (κ3) is 7.32. The number of imide groups is 4. The van der Waals surface area contributed by atoms with Crippen molar-refractivity contribution in [2.45, 2.75) is 31.1 Å². The molecule has 6 aromatic carbocycles. The van der Waals surface area contributed by atoms with Gasteiger partial charge >= 0.3 is 0 Å². The van der Waals surface area contributed by atoms with E-state index < -0.39 is 82.3 Å². The van der Waals surface area contributed by atoms with Crippen molar-refractivity contribution in [2.75, 3.05) is 0 Å². The number of allylic oxidation sites excluding steroid dienone is 2. The van der Waals surface area contributed by atoms with Crippen molar-refractivity contribution >= 4 is 65.0 Å². The molecule has 6 aromatic rings. The van der Waals surface area contributed by atoms with E-state index in [-0.39, 0.29) is 35.1 Å². The second-order valence-electron chi connectivity index (χ2n) is 17.6. The molecule has 11 rings (SSSR count). The number of rotatable bonds is 14. The van der Waals surface area contributed by atoms with Gasteiger partial charge in [-0.1, -0.05) is 84.9 Å². The van der Waals surface area contributed by atoms with Crippen molar-refractivity contribution in [1.82, 2.24) is 18.7 Å². The molecule has 4 heterocycles. The number of carbonyl (C=O) groups excluding carboxylic acids is 8. The van der Waals surface area contributed by atoms with E-state index in [0.29, 0.717) is 35.8 Å².